The van der Waals surface area contributed by atoms with Crippen LogP contribution in [0.1, 0.15) is 31.4 Å². The molecule has 1 fully saturated rings. The Kier molecular flexibility index (Phi) is 4.84. The highest BCUT2D eigenvalue weighted by molar-refractivity contribution is 6.30. The van der Waals surface area contributed by atoms with Gasteiger partial charge in [-0.25, -0.2) is 0 Å². The molecule has 1 aromatic rings. The highest BCUT2D eigenvalue weighted by atomic mass is 35.5. The van der Waals surface area contributed by atoms with E-state index >= 15 is 0 Å². The molecule has 3 heteroatoms. The van der Waals surface area contributed by atoms with Crippen molar-refractivity contribution in [1.82, 2.24) is 5.32 Å². The van der Waals surface area contributed by atoms with Crippen molar-refractivity contribution in [3.05, 3.63) is 34.9 Å². The van der Waals surface area contributed by atoms with E-state index in [2.05, 4.69) is 11.4 Å². The number of ether oxygens (including phenoxy) is 1. The lowest BCUT2D eigenvalue weighted by Crippen LogP contribution is -2.34. The number of hydrogen-bond donors (Lipinski definition) is 1. The quantitative estimate of drug-likeness (QED) is 0.888. The van der Waals surface area contributed by atoms with Gasteiger partial charge in [0.15, 0.2) is 0 Å². The van der Waals surface area contributed by atoms with Crippen molar-refractivity contribution >= 4 is 11.6 Å². The Hall–Kier alpha value is -0.570. The maximum absolute atomic E-state index is 6.06. The van der Waals surface area contributed by atoms with E-state index in [0.717, 1.165) is 24.7 Å². The summed E-state index contributed by atoms with van der Waals surface area (Å²) >= 11 is 6.06. The highest BCUT2D eigenvalue weighted by Crippen LogP contribution is 2.31. The van der Waals surface area contributed by atoms with Gasteiger partial charge in [-0.3, -0.25) is 0 Å². The van der Waals surface area contributed by atoms with Gasteiger partial charge < -0.3 is 10.1 Å². The topological polar surface area (TPSA) is 21.3 Å². The molecule has 1 unspecified atom stereocenters. The third-order valence-corrected chi connectivity index (χ3v) is 3.52. The lowest BCUT2D eigenvalue weighted by atomic mass is 9.89. The van der Waals surface area contributed by atoms with Crippen LogP contribution in [-0.2, 0) is 4.74 Å². The minimum absolute atomic E-state index is 0.173. The van der Waals surface area contributed by atoms with Crippen molar-refractivity contribution in [2.45, 2.75) is 25.9 Å². The summed E-state index contributed by atoms with van der Waals surface area (Å²) in [6.45, 7) is 4.96. The van der Waals surface area contributed by atoms with E-state index in [0.29, 0.717) is 5.92 Å². The van der Waals surface area contributed by atoms with E-state index in [1.807, 2.05) is 25.1 Å². The second kappa shape index (κ2) is 6.39. The summed E-state index contributed by atoms with van der Waals surface area (Å²) < 4.78 is 5.92. The lowest BCUT2D eigenvalue weighted by Gasteiger charge is -2.31. The Balaban J connectivity index is 2.15. The Morgan fingerprint density at radius 1 is 1.53 bits per heavy atom. The van der Waals surface area contributed by atoms with E-state index in [-0.39, 0.29) is 6.10 Å². The highest BCUT2D eigenvalue weighted by Gasteiger charge is 2.25. The fourth-order valence-electron chi connectivity index (χ4n) is 2.50. The fraction of sp³-hybridized carbons (Fsp3) is 0.571. The van der Waals surface area contributed by atoms with Crippen LogP contribution >= 0.6 is 11.6 Å². The van der Waals surface area contributed by atoms with Crippen molar-refractivity contribution in [3.63, 3.8) is 0 Å². The average molecular weight is 254 g/mol. The zero-order valence-electron chi connectivity index (χ0n) is 10.3. The van der Waals surface area contributed by atoms with E-state index in [9.17, 15) is 0 Å². The van der Waals surface area contributed by atoms with Gasteiger partial charge in [0.1, 0.15) is 0 Å². The Labute approximate surface area is 108 Å². The smallest absolute Gasteiger partial charge is 0.0865 e. The van der Waals surface area contributed by atoms with Crippen LogP contribution in [0.3, 0.4) is 0 Å². The number of nitrogens with one attached hydrogen (secondary N) is 1. The zero-order valence-corrected chi connectivity index (χ0v) is 11.0. The molecule has 1 saturated heterocycles. The predicted molar refractivity (Wildman–Crippen MR) is 71.4 cm³/mol. The summed E-state index contributed by atoms with van der Waals surface area (Å²) in [6, 6.07) is 8.05. The van der Waals surface area contributed by atoms with Crippen LogP contribution in [0.25, 0.3) is 0 Å². The van der Waals surface area contributed by atoms with Gasteiger partial charge in [-0.05, 0) is 44.0 Å². The van der Waals surface area contributed by atoms with Crippen LogP contribution < -0.4 is 5.32 Å². The van der Waals surface area contributed by atoms with Crippen molar-refractivity contribution < 1.29 is 4.74 Å². The van der Waals surface area contributed by atoms with Crippen molar-refractivity contribution in [3.8, 4) is 0 Å². The largest absolute Gasteiger partial charge is 0.373 e. The maximum Gasteiger partial charge on any atom is 0.0865 e. The molecule has 0 bridgehead atoms. The van der Waals surface area contributed by atoms with E-state index in [4.69, 9.17) is 16.3 Å². The van der Waals surface area contributed by atoms with E-state index in [1.165, 1.54) is 18.4 Å². The standard InChI is InChI=1S/C14H20ClNO/c1-2-17-14(12-6-4-8-16-10-12)11-5-3-7-13(15)9-11/h3,5,7,9,12,14,16H,2,4,6,8,10H2,1H3/t12-,14?/m1/s1. The van der Waals surface area contributed by atoms with Gasteiger partial charge in [-0.2, -0.15) is 0 Å². The average Bonchev–Trinajstić information content (AvgIpc) is 2.37. The molecule has 0 aliphatic carbocycles. The van der Waals surface area contributed by atoms with Gasteiger partial charge in [-0.1, -0.05) is 23.7 Å². The molecule has 94 valence electrons. The molecule has 0 aromatic heterocycles. The molecule has 1 aromatic carbocycles. The first kappa shape index (κ1) is 12.9. The van der Waals surface area contributed by atoms with Gasteiger partial charge in [0.2, 0.25) is 0 Å². The molecule has 0 radical (unpaired) electrons. The summed E-state index contributed by atoms with van der Waals surface area (Å²) in [7, 11) is 0. The minimum Gasteiger partial charge on any atom is -0.373 e. The second-order valence-corrected chi connectivity index (χ2v) is 4.97. The van der Waals surface area contributed by atoms with Gasteiger partial charge in [0.05, 0.1) is 6.10 Å². The van der Waals surface area contributed by atoms with Crippen LogP contribution in [0.5, 0.6) is 0 Å². The van der Waals surface area contributed by atoms with Crippen LogP contribution in [-0.4, -0.2) is 19.7 Å². The fourth-order valence-corrected chi connectivity index (χ4v) is 2.70. The minimum atomic E-state index is 0.173. The molecule has 17 heavy (non-hydrogen) atoms. The number of hydrogen-bond acceptors (Lipinski definition) is 2. The molecular weight excluding hydrogens is 234 g/mol. The zero-order chi connectivity index (χ0) is 12.1. The number of benzene rings is 1. The molecule has 2 rings (SSSR count). The summed E-state index contributed by atoms with van der Waals surface area (Å²) in [5, 5.41) is 4.23. The molecule has 2 atom stereocenters. The number of rotatable bonds is 4. The van der Waals surface area contributed by atoms with Crippen molar-refractivity contribution in [1.29, 1.82) is 0 Å². The summed E-state index contributed by atoms with van der Waals surface area (Å²) in [5.41, 5.74) is 1.20. The third-order valence-electron chi connectivity index (χ3n) is 3.29. The Bertz CT molecular complexity index is 350. The predicted octanol–water partition coefficient (Wildman–Crippen LogP) is 3.42. The first-order valence-corrected chi connectivity index (χ1v) is 6.77. The van der Waals surface area contributed by atoms with Crippen molar-refractivity contribution in [2.75, 3.05) is 19.7 Å². The number of piperidine rings is 1. The van der Waals surface area contributed by atoms with Gasteiger partial charge >= 0.3 is 0 Å². The summed E-state index contributed by atoms with van der Waals surface area (Å²) in [6.07, 6.45) is 2.63. The van der Waals surface area contributed by atoms with E-state index < -0.39 is 0 Å². The van der Waals surface area contributed by atoms with E-state index in [1.54, 1.807) is 0 Å². The molecule has 1 heterocycles. The molecule has 0 spiro atoms. The van der Waals surface area contributed by atoms with Crippen LogP contribution in [0, 0.1) is 5.92 Å². The molecule has 1 N–H and O–H groups in total. The Morgan fingerprint density at radius 2 is 2.41 bits per heavy atom. The molecular formula is C14H20ClNO. The monoisotopic (exact) mass is 253 g/mol. The molecule has 0 saturated carbocycles. The first-order chi connectivity index (χ1) is 8.31. The molecule has 2 nitrogen and oxygen atoms in total. The maximum atomic E-state index is 6.06. The normalized spacial score (nSPS) is 22.4. The molecule has 0 amide bonds. The SMILES string of the molecule is CCOC(c1cccc(Cl)c1)[C@@H]1CCCNC1. The second-order valence-electron chi connectivity index (χ2n) is 4.54. The Morgan fingerprint density at radius 3 is 3.06 bits per heavy atom. The van der Waals surface area contributed by atoms with Crippen LogP contribution in [0.4, 0.5) is 0 Å². The van der Waals surface area contributed by atoms with Crippen LogP contribution in [0.15, 0.2) is 24.3 Å². The summed E-state index contributed by atoms with van der Waals surface area (Å²) in [5.74, 6) is 0.558. The van der Waals surface area contributed by atoms with Gasteiger partial charge in [0, 0.05) is 24.1 Å². The summed E-state index contributed by atoms with van der Waals surface area (Å²) in [4.78, 5) is 0. The van der Waals surface area contributed by atoms with Crippen LogP contribution in [0.2, 0.25) is 5.02 Å². The molecule has 1 aliphatic heterocycles. The number of halogens is 1. The first-order valence-electron chi connectivity index (χ1n) is 6.39. The molecule has 1 aliphatic rings. The van der Waals surface area contributed by atoms with Gasteiger partial charge in [-0.15, -0.1) is 0 Å². The van der Waals surface area contributed by atoms with Gasteiger partial charge in [0.25, 0.3) is 0 Å². The lowest BCUT2D eigenvalue weighted by molar-refractivity contribution is 0.0103. The third kappa shape index (κ3) is 3.44. The van der Waals surface area contributed by atoms with Crippen molar-refractivity contribution in [2.24, 2.45) is 5.92 Å².